The van der Waals surface area contributed by atoms with E-state index in [1.807, 2.05) is 18.2 Å². The normalized spacial score (nSPS) is 14.4. The van der Waals surface area contributed by atoms with Gasteiger partial charge in [-0.3, -0.25) is 4.90 Å². The maximum atomic E-state index is 9.79. The summed E-state index contributed by atoms with van der Waals surface area (Å²) in [6.07, 6.45) is 0.765. The lowest BCUT2D eigenvalue weighted by Crippen LogP contribution is -2.30. The Labute approximate surface area is 124 Å². The molecule has 1 aliphatic rings. The molecule has 106 valence electrons. The Morgan fingerprint density at radius 3 is 2.65 bits per heavy atom. The third kappa shape index (κ3) is 3.03. The zero-order valence-electron chi connectivity index (χ0n) is 11.0. The lowest BCUT2D eigenvalue weighted by atomic mass is 10.0. The maximum absolute atomic E-state index is 9.79. The molecule has 5 heteroatoms. The Balaban J connectivity index is 0.00000147. The van der Waals surface area contributed by atoms with Gasteiger partial charge in [0.2, 0.25) is 5.88 Å². The first-order valence-electron chi connectivity index (χ1n) is 6.39. The van der Waals surface area contributed by atoms with Crippen LogP contribution in [-0.2, 0) is 19.5 Å². The lowest BCUT2D eigenvalue weighted by molar-refractivity contribution is 0.237. The van der Waals surface area contributed by atoms with Crippen molar-refractivity contribution in [2.24, 2.45) is 0 Å². The van der Waals surface area contributed by atoms with Gasteiger partial charge < -0.3 is 10.2 Å². The fourth-order valence-corrected chi connectivity index (χ4v) is 2.54. The van der Waals surface area contributed by atoms with Crippen LogP contribution in [0.1, 0.15) is 16.8 Å². The summed E-state index contributed by atoms with van der Waals surface area (Å²) >= 11 is 0. The summed E-state index contributed by atoms with van der Waals surface area (Å²) in [7, 11) is 0. The molecule has 2 N–H and O–H groups in total. The predicted molar refractivity (Wildman–Crippen MR) is 79.1 cm³/mol. The molecule has 0 fully saturated rings. The van der Waals surface area contributed by atoms with Crippen molar-refractivity contribution >= 4 is 12.4 Å². The van der Waals surface area contributed by atoms with Crippen molar-refractivity contribution in [2.45, 2.75) is 19.5 Å². The van der Waals surface area contributed by atoms with Gasteiger partial charge in [-0.25, -0.2) is 4.98 Å². The first-order chi connectivity index (χ1) is 9.22. The van der Waals surface area contributed by atoms with Crippen LogP contribution < -0.4 is 0 Å². The number of rotatable bonds is 2. The molecule has 4 nitrogen and oxygen atoms in total. The molecule has 3 rings (SSSR count). The number of aromatic hydroxyl groups is 2. The smallest absolute Gasteiger partial charge is 0.214 e. The molecule has 0 saturated carbocycles. The van der Waals surface area contributed by atoms with Crippen LogP contribution >= 0.6 is 12.4 Å². The van der Waals surface area contributed by atoms with E-state index in [0.29, 0.717) is 6.54 Å². The molecule has 1 aliphatic heterocycles. The molecule has 0 radical (unpaired) electrons. The highest BCUT2D eigenvalue weighted by molar-refractivity contribution is 5.85. The van der Waals surface area contributed by atoms with Crippen molar-refractivity contribution in [3.8, 4) is 11.6 Å². The standard InChI is InChI=1S/C15H16N2O2.ClH/c18-14-8-15(19)16-13-10-17(7-6-12(13)14)9-11-4-2-1-3-5-11;/h1-5,8H,6-7,9-10H2,(H2,16,18,19);1H. The number of halogens is 1. The minimum atomic E-state index is -0.113. The number of fused-ring (bicyclic) bond motifs is 1. The first-order valence-corrected chi connectivity index (χ1v) is 6.39. The Morgan fingerprint density at radius 1 is 1.15 bits per heavy atom. The van der Waals surface area contributed by atoms with Crippen LogP contribution in [0.5, 0.6) is 11.6 Å². The highest BCUT2D eigenvalue weighted by atomic mass is 35.5. The summed E-state index contributed by atoms with van der Waals surface area (Å²) in [5.41, 5.74) is 2.90. The van der Waals surface area contributed by atoms with Gasteiger partial charge in [0.15, 0.2) is 0 Å². The molecule has 1 aromatic heterocycles. The second kappa shape index (κ2) is 6.11. The number of hydrogen-bond acceptors (Lipinski definition) is 4. The van der Waals surface area contributed by atoms with E-state index in [4.69, 9.17) is 0 Å². The molecular weight excluding hydrogens is 276 g/mol. The number of hydrogen-bond donors (Lipinski definition) is 2. The zero-order chi connectivity index (χ0) is 13.2. The summed E-state index contributed by atoms with van der Waals surface area (Å²) < 4.78 is 0. The van der Waals surface area contributed by atoms with Crippen LogP contribution in [0, 0.1) is 0 Å². The molecule has 0 bridgehead atoms. The van der Waals surface area contributed by atoms with Crippen LogP contribution in [0.2, 0.25) is 0 Å². The largest absolute Gasteiger partial charge is 0.507 e. The highest BCUT2D eigenvalue weighted by Crippen LogP contribution is 2.29. The molecule has 0 spiro atoms. The van der Waals surface area contributed by atoms with Gasteiger partial charge >= 0.3 is 0 Å². The third-order valence-corrected chi connectivity index (χ3v) is 3.47. The second-order valence-electron chi connectivity index (χ2n) is 4.87. The Bertz CT molecular complexity index is 590. The molecule has 0 aliphatic carbocycles. The van der Waals surface area contributed by atoms with Gasteiger partial charge in [0.25, 0.3) is 0 Å². The van der Waals surface area contributed by atoms with E-state index in [0.717, 1.165) is 30.8 Å². The zero-order valence-corrected chi connectivity index (χ0v) is 11.8. The average Bonchev–Trinajstić information content (AvgIpc) is 2.39. The summed E-state index contributed by atoms with van der Waals surface area (Å²) in [6.45, 7) is 2.41. The first kappa shape index (κ1) is 14.6. The predicted octanol–water partition coefficient (Wildman–Crippen LogP) is 2.47. The van der Waals surface area contributed by atoms with Crippen molar-refractivity contribution in [3.63, 3.8) is 0 Å². The molecule has 0 atom stereocenters. The molecular formula is C15H17ClN2O2. The molecule has 0 amide bonds. The number of benzene rings is 1. The van der Waals surface area contributed by atoms with Gasteiger partial charge in [-0.2, -0.15) is 0 Å². The summed E-state index contributed by atoms with van der Waals surface area (Å²) in [5, 5.41) is 19.3. The van der Waals surface area contributed by atoms with Crippen LogP contribution in [0.25, 0.3) is 0 Å². The number of pyridine rings is 1. The molecule has 20 heavy (non-hydrogen) atoms. The topological polar surface area (TPSA) is 56.6 Å². The van der Waals surface area contributed by atoms with Crippen molar-refractivity contribution in [3.05, 3.63) is 53.2 Å². The summed E-state index contributed by atoms with van der Waals surface area (Å²) in [6, 6.07) is 11.6. The molecule has 2 aromatic rings. The minimum absolute atomic E-state index is 0. The molecule has 0 saturated heterocycles. The average molecular weight is 293 g/mol. The quantitative estimate of drug-likeness (QED) is 0.893. The van der Waals surface area contributed by atoms with Crippen molar-refractivity contribution < 1.29 is 10.2 Å². The van der Waals surface area contributed by atoms with Crippen LogP contribution in [0.15, 0.2) is 36.4 Å². The SMILES string of the molecule is Cl.Oc1cc(O)c2c(n1)CN(Cc1ccccc1)CC2. The van der Waals surface area contributed by atoms with Gasteiger partial charge in [0, 0.05) is 31.3 Å². The molecule has 2 heterocycles. The summed E-state index contributed by atoms with van der Waals surface area (Å²) in [4.78, 5) is 6.39. The van der Waals surface area contributed by atoms with Crippen molar-refractivity contribution in [1.29, 1.82) is 0 Å². The van der Waals surface area contributed by atoms with Gasteiger partial charge in [0.05, 0.1) is 5.69 Å². The van der Waals surface area contributed by atoms with Gasteiger partial charge in [0.1, 0.15) is 5.75 Å². The maximum Gasteiger partial charge on any atom is 0.214 e. The van der Waals surface area contributed by atoms with E-state index >= 15 is 0 Å². The minimum Gasteiger partial charge on any atom is -0.507 e. The highest BCUT2D eigenvalue weighted by Gasteiger charge is 2.21. The second-order valence-corrected chi connectivity index (χ2v) is 4.87. The number of nitrogens with zero attached hydrogens (tertiary/aromatic N) is 2. The van der Waals surface area contributed by atoms with Crippen LogP contribution in [0.4, 0.5) is 0 Å². The monoisotopic (exact) mass is 292 g/mol. The van der Waals surface area contributed by atoms with E-state index in [9.17, 15) is 10.2 Å². The molecule has 0 unspecified atom stereocenters. The fraction of sp³-hybridized carbons (Fsp3) is 0.267. The van der Waals surface area contributed by atoms with Crippen molar-refractivity contribution in [1.82, 2.24) is 9.88 Å². The summed E-state index contributed by atoms with van der Waals surface area (Å²) in [5.74, 6) is 0.0414. The van der Waals surface area contributed by atoms with E-state index < -0.39 is 0 Å². The lowest BCUT2D eigenvalue weighted by Gasteiger charge is -2.28. The van der Waals surface area contributed by atoms with Gasteiger partial charge in [-0.05, 0) is 12.0 Å². The number of aromatic nitrogens is 1. The Hall–Kier alpha value is -1.78. The van der Waals surface area contributed by atoms with Gasteiger partial charge in [-0.15, -0.1) is 12.4 Å². The third-order valence-electron chi connectivity index (χ3n) is 3.47. The fourth-order valence-electron chi connectivity index (χ4n) is 2.54. The van der Waals surface area contributed by atoms with Crippen LogP contribution in [0.3, 0.4) is 0 Å². The van der Waals surface area contributed by atoms with Gasteiger partial charge in [-0.1, -0.05) is 30.3 Å². The van der Waals surface area contributed by atoms with E-state index in [-0.39, 0.29) is 24.0 Å². The molecule has 1 aromatic carbocycles. The van der Waals surface area contributed by atoms with E-state index in [1.165, 1.54) is 11.6 Å². The Morgan fingerprint density at radius 2 is 1.90 bits per heavy atom. The Kier molecular flexibility index (Phi) is 4.47. The van der Waals surface area contributed by atoms with E-state index in [1.54, 1.807) is 0 Å². The van der Waals surface area contributed by atoms with E-state index in [2.05, 4.69) is 22.0 Å². The van der Waals surface area contributed by atoms with Crippen LogP contribution in [-0.4, -0.2) is 26.6 Å². The van der Waals surface area contributed by atoms with Crippen molar-refractivity contribution in [2.75, 3.05) is 6.54 Å².